The van der Waals surface area contributed by atoms with Crippen LogP contribution in [0, 0.1) is 5.92 Å². The number of carbonyl (C=O) groups is 1. The normalized spacial score (nSPS) is 18.6. The fourth-order valence-corrected chi connectivity index (χ4v) is 1.96. The molecule has 7 heteroatoms. The van der Waals surface area contributed by atoms with E-state index in [9.17, 15) is 4.79 Å². The standard InChI is InChI=1S/C11H13N5O2/c1-18-10-3-2-9(6-13-10)16-7-8(4-11(16)17)5-14-15-12/h2-3,6,8H,4-5,7H2,1H3. The molecular weight excluding hydrogens is 234 g/mol. The molecule has 2 rings (SSSR count). The smallest absolute Gasteiger partial charge is 0.227 e. The highest BCUT2D eigenvalue weighted by Crippen LogP contribution is 2.25. The van der Waals surface area contributed by atoms with Crippen molar-refractivity contribution in [2.24, 2.45) is 11.0 Å². The van der Waals surface area contributed by atoms with Crippen molar-refractivity contribution in [2.45, 2.75) is 6.42 Å². The van der Waals surface area contributed by atoms with Gasteiger partial charge in [0.1, 0.15) is 0 Å². The second-order valence-electron chi connectivity index (χ2n) is 4.05. The molecule has 1 aromatic rings. The van der Waals surface area contributed by atoms with Crippen LogP contribution >= 0.6 is 0 Å². The number of methoxy groups -OCH3 is 1. The van der Waals surface area contributed by atoms with Crippen molar-refractivity contribution in [3.8, 4) is 5.88 Å². The first-order valence-corrected chi connectivity index (χ1v) is 5.56. The number of ether oxygens (including phenoxy) is 1. The van der Waals surface area contributed by atoms with Crippen LogP contribution in [-0.4, -0.2) is 31.1 Å². The summed E-state index contributed by atoms with van der Waals surface area (Å²) in [4.78, 5) is 20.3. The van der Waals surface area contributed by atoms with E-state index in [2.05, 4.69) is 15.0 Å². The average Bonchev–Trinajstić information content (AvgIpc) is 2.78. The molecule has 1 fully saturated rings. The van der Waals surface area contributed by atoms with Crippen molar-refractivity contribution in [1.82, 2.24) is 4.98 Å². The van der Waals surface area contributed by atoms with Gasteiger partial charge in [-0.1, -0.05) is 5.11 Å². The lowest BCUT2D eigenvalue weighted by atomic mass is 10.1. The van der Waals surface area contributed by atoms with Gasteiger partial charge in [-0.15, -0.1) is 0 Å². The van der Waals surface area contributed by atoms with Gasteiger partial charge in [0, 0.05) is 30.5 Å². The fraction of sp³-hybridized carbons (Fsp3) is 0.455. The van der Waals surface area contributed by atoms with Crippen LogP contribution in [0.4, 0.5) is 5.69 Å². The fourth-order valence-electron chi connectivity index (χ4n) is 1.96. The Balaban J connectivity index is 2.08. The van der Waals surface area contributed by atoms with E-state index in [0.29, 0.717) is 25.4 Å². The summed E-state index contributed by atoms with van der Waals surface area (Å²) in [6, 6.07) is 3.50. The summed E-state index contributed by atoms with van der Waals surface area (Å²) >= 11 is 0. The quantitative estimate of drug-likeness (QED) is 0.461. The average molecular weight is 247 g/mol. The van der Waals surface area contributed by atoms with Gasteiger partial charge in [-0.2, -0.15) is 0 Å². The number of pyridine rings is 1. The minimum atomic E-state index is 0.0279. The van der Waals surface area contributed by atoms with Gasteiger partial charge in [0.25, 0.3) is 0 Å². The lowest BCUT2D eigenvalue weighted by Crippen LogP contribution is -2.24. The zero-order chi connectivity index (χ0) is 13.0. The summed E-state index contributed by atoms with van der Waals surface area (Å²) in [6.45, 7) is 0.911. The molecule has 1 amide bonds. The van der Waals surface area contributed by atoms with Crippen molar-refractivity contribution in [3.05, 3.63) is 28.8 Å². The number of anilines is 1. The third-order valence-corrected chi connectivity index (χ3v) is 2.85. The van der Waals surface area contributed by atoms with E-state index in [1.165, 1.54) is 0 Å². The van der Waals surface area contributed by atoms with Gasteiger partial charge in [-0.3, -0.25) is 4.79 Å². The number of amides is 1. The van der Waals surface area contributed by atoms with Crippen LogP contribution in [0.1, 0.15) is 6.42 Å². The highest BCUT2D eigenvalue weighted by Gasteiger charge is 2.30. The first-order chi connectivity index (χ1) is 8.74. The zero-order valence-corrected chi connectivity index (χ0v) is 9.98. The van der Waals surface area contributed by atoms with E-state index in [4.69, 9.17) is 10.3 Å². The molecule has 0 bridgehead atoms. The molecule has 0 radical (unpaired) electrons. The van der Waals surface area contributed by atoms with Gasteiger partial charge in [-0.05, 0) is 17.5 Å². The Labute approximate surface area is 104 Å². The Bertz CT molecular complexity index is 481. The molecule has 1 saturated heterocycles. The maximum atomic E-state index is 11.8. The summed E-state index contributed by atoms with van der Waals surface area (Å²) < 4.78 is 4.96. The predicted molar refractivity (Wildman–Crippen MR) is 65.3 cm³/mol. The van der Waals surface area contributed by atoms with E-state index >= 15 is 0 Å². The molecular formula is C11H13N5O2. The van der Waals surface area contributed by atoms with Crippen LogP contribution in [0.3, 0.4) is 0 Å². The first-order valence-electron chi connectivity index (χ1n) is 5.56. The minimum absolute atomic E-state index is 0.0279. The summed E-state index contributed by atoms with van der Waals surface area (Å²) in [5.41, 5.74) is 9.01. The van der Waals surface area contributed by atoms with E-state index in [-0.39, 0.29) is 11.8 Å². The van der Waals surface area contributed by atoms with Crippen LogP contribution in [-0.2, 0) is 4.79 Å². The number of hydrogen-bond acceptors (Lipinski definition) is 4. The molecule has 0 N–H and O–H groups in total. The van der Waals surface area contributed by atoms with Crippen molar-refractivity contribution < 1.29 is 9.53 Å². The molecule has 1 aliphatic heterocycles. The van der Waals surface area contributed by atoms with E-state index in [0.717, 1.165) is 5.69 Å². The summed E-state index contributed by atoms with van der Waals surface area (Å²) in [6.07, 6.45) is 2.01. The first kappa shape index (κ1) is 12.2. The SMILES string of the molecule is COc1ccc(N2CC(CN=[N+]=[N-])CC2=O)cn1. The summed E-state index contributed by atoms with van der Waals surface area (Å²) in [5.74, 6) is 0.617. The van der Waals surface area contributed by atoms with Crippen LogP contribution in [0.5, 0.6) is 5.88 Å². The molecule has 1 unspecified atom stereocenters. The number of nitrogens with zero attached hydrogens (tertiary/aromatic N) is 5. The lowest BCUT2D eigenvalue weighted by Gasteiger charge is -2.16. The lowest BCUT2D eigenvalue weighted by molar-refractivity contribution is -0.117. The Hall–Kier alpha value is -2.27. The molecule has 94 valence electrons. The van der Waals surface area contributed by atoms with Crippen molar-refractivity contribution in [1.29, 1.82) is 0 Å². The van der Waals surface area contributed by atoms with Crippen LogP contribution in [0.2, 0.25) is 0 Å². The number of carbonyl (C=O) groups excluding carboxylic acids is 1. The molecule has 0 aliphatic carbocycles. The second-order valence-corrected chi connectivity index (χ2v) is 4.05. The number of rotatable bonds is 4. The summed E-state index contributed by atoms with van der Waals surface area (Å²) in [7, 11) is 1.54. The number of hydrogen-bond donors (Lipinski definition) is 0. The predicted octanol–water partition coefficient (Wildman–Crippen LogP) is 1.75. The van der Waals surface area contributed by atoms with Gasteiger partial charge in [-0.25, -0.2) is 4.98 Å². The maximum Gasteiger partial charge on any atom is 0.227 e. The van der Waals surface area contributed by atoms with Crippen LogP contribution < -0.4 is 9.64 Å². The zero-order valence-electron chi connectivity index (χ0n) is 9.98. The Morgan fingerprint density at radius 2 is 2.50 bits per heavy atom. The van der Waals surface area contributed by atoms with E-state index in [1.807, 2.05) is 0 Å². The van der Waals surface area contributed by atoms with Gasteiger partial charge >= 0.3 is 0 Å². The second kappa shape index (κ2) is 5.37. The van der Waals surface area contributed by atoms with Crippen molar-refractivity contribution in [3.63, 3.8) is 0 Å². The molecule has 1 atom stereocenters. The molecule has 2 heterocycles. The number of aromatic nitrogens is 1. The third kappa shape index (κ3) is 2.52. The maximum absolute atomic E-state index is 11.8. The topological polar surface area (TPSA) is 91.2 Å². The van der Waals surface area contributed by atoms with Crippen molar-refractivity contribution in [2.75, 3.05) is 25.1 Å². The molecule has 7 nitrogen and oxygen atoms in total. The molecule has 0 spiro atoms. The minimum Gasteiger partial charge on any atom is -0.481 e. The Morgan fingerprint density at radius 3 is 3.11 bits per heavy atom. The molecule has 1 aromatic heterocycles. The van der Waals surface area contributed by atoms with Crippen molar-refractivity contribution >= 4 is 11.6 Å². The highest BCUT2D eigenvalue weighted by atomic mass is 16.5. The van der Waals surface area contributed by atoms with Gasteiger partial charge in [0.05, 0.1) is 19.0 Å². The van der Waals surface area contributed by atoms with Gasteiger partial charge in [0.2, 0.25) is 11.8 Å². The summed E-state index contributed by atoms with van der Waals surface area (Å²) in [5, 5.41) is 3.51. The van der Waals surface area contributed by atoms with E-state index < -0.39 is 0 Å². The Kier molecular flexibility index (Phi) is 3.64. The molecule has 0 aromatic carbocycles. The van der Waals surface area contributed by atoms with E-state index in [1.54, 1.807) is 30.3 Å². The number of azide groups is 1. The highest BCUT2D eigenvalue weighted by molar-refractivity contribution is 5.95. The third-order valence-electron chi connectivity index (χ3n) is 2.85. The molecule has 1 aliphatic rings. The molecule has 18 heavy (non-hydrogen) atoms. The molecule has 0 saturated carbocycles. The van der Waals surface area contributed by atoms with Gasteiger partial charge in [0.15, 0.2) is 0 Å². The van der Waals surface area contributed by atoms with Crippen LogP contribution in [0.15, 0.2) is 23.4 Å². The van der Waals surface area contributed by atoms with Gasteiger partial charge < -0.3 is 9.64 Å². The Morgan fingerprint density at radius 1 is 1.67 bits per heavy atom. The monoisotopic (exact) mass is 247 g/mol. The van der Waals surface area contributed by atoms with Crippen LogP contribution in [0.25, 0.3) is 10.4 Å². The largest absolute Gasteiger partial charge is 0.481 e.